The summed E-state index contributed by atoms with van der Waals surface area (Å²) in [5.74, 6) is -0.636. The smallest absolute Gasteiger partial charge is 0.308 e. The molecule has 1 N–H and O–H groups in total. The van der Waals surface area contributed by atoms with Gasteiger partial charge in [0, 0.05) is 29.2 Å². The normalized spacial score (nSPS) is 10.4. The van der Waals surface area contributed by atoms with Crippen LogP contribution in [0, 0.1) is 6.92 Å². The van der Waals surface area contributed by atoms with E-state index < -0.39 is 5.97 Å². The first-order valence-corrected chi connectivity index (χ1v) is 9.13. The van der Waals surface area contributed by atoms with Crippen molar-refractivity contribution < 1.29 is 14.3 Å². The van der Waals surface area contributed by atoms with E-state index in [9.17, 15) is 9.59 Å². The number of rotatable bonds is 8. The van der Waals surface area contributed by atoms with E-state index in [0.717, 1.165) is 16.1 Å². The van der Waals surface area contributed by atoms with E-state index >= 15 is 0 Å². The summed E-state index contributed by atoms with van der Waals surface area (Å²) in [6.07, 6.45) is 0.174. The van der Waals surface area contributed by atoms with E-state index in [2.05, 4.69) is 5.32 Å². The highest BCUT2D eigenvalue weighted by Crippen LogP contribution is 2.19. The predicted octanol–water partition coefficient (Wildman–Crippen LogP) is 3.71. The van der Waals surface area contributed by atoms with Crippen molar-refractivity contribution in [3.05, 3.63) is 51.2 Å². The highest BCUT2D eigenvalue weighted by atomic mass is 35.5. The summed E-state index contributed by atoms with van der Waals surface area (Å²) >= 11 is 7.63. The molecule has 0 spiro atoms. The number of esters is 1. The van der Waals surface area contributed by atoms with Gasteiger partial charge in [-0.15, -0.1) is 11.3 Å². The number of carbonyl (C=O) groups excluding carboxylic acids is 2. The van der Waals surface area contributed by atoms with E-state index in [1.165, 1.54) is 0 Å². The van der Waals surface area contributed by atoms with Crippen LogP contribution in [0.15, 0.2) is 35.7 Å². The Balaban J connectivity index is 1.66. The first-order valence-electron chi connectivity index (χ1n) is 7.87. The minimum atomic E-state index is -0.413. The van der Waals surface area contributed by atoms with Gasteiger partial charge in [-0.1, -0.05) is 23.7 Å². The lowest BCUT2D eigenvalue weighted by atomic mass is 10.2. The summed E-state index contributed by atoms with van der Waals surface area (Å²) in [4.78, 5) is 26.3. The van der Waals surface area contributed by atoms with E-state index in [1.54, 1.807) is 23.3 Å². The van der Waals surface area contributed by atoms with Crippen LogP contribution < -0.4 is 5.32 Å². The number of nitrogens with one attached hydrogen (secondary N) is 1. The van der Waals surface area contributed by atoms with Crippen molar-refractivity contribution in [1.29, 1.82) is 0 Å². The maximum Gasteiger partial charge on any atom is 0.308 e. The fourth-order valence-corrected chi connectivity index (χ4v) is 3.00. The second-order valence-electron chi connectivity index (χ2n) is 5.63. The van der Waals surface area contributed by atoms with Gasteiger partial charge in [-0.05, 0) is 36.1 Å². The molecule has 1 aromatic heterocycles. The lowest BCUT2D eigenvalue weighted by Gasteiger charge is -2.16. The lowest BCUT2D eigenvalue weighted by Crippen LogP contribution is -2.30. The molecule has 7 heteroatoms. The minimum Gasteiger partial charge on any atom is -0.456 e. The lowest BCUT2D eigenvalue weighted by molar-refractivity contribution is -0.151. The molecule has 2 aromatic rings. The van der Waals surface area contributed by atoms with Crippen LogP contribution in [0.25, 0.3) is 0 Å². The van der Waals surface area contributed by atoms with Gasteiger partial charge in [0.25, 0.3) is 5.91 Å². The van der Waals surface area contributed by atoms with Gasteiger partial charge >= 0.3 is 5.97 Å². The monoisotopic (exact) mass is 380 g/mol. The third kappa shape index (κ3) is 6.40. The van der Waals surface area contributed by atoms with Crippen molar-refractivity contribution in [3.8, 4) is 0 Å². The third-order valence-electron chi connectivity index (χ3n) is 3.59. The number of likely N-dealkylation sites (N-methyl/N-ethyl adjacent to an activating group) is 1. The number of hydrogen-bond acceptors (Lipinski definition) is 5. The van der Waals surface area contributed by atoms with Gasteiger partial charge in [0.2, 0.25) is 0 Å². The standard InChI is InChI=1S/C18H21ClN2O3S/c1-13-5-6-14(10-16(13)19)20-8-7-18(23)24-12-17(22)21(2)11-15-4-3-9-25-15/h3-6,9-10,20H,7-8,11-12H2,1-2H3. The Kier molecular flexibility index (Phi) is 7.28. The zero-order valence-electron chi connectivity index (χ0n) is 14.3. The Labute approximate surface area is 156 Å². The Morgan fingerprint density at radius 2 is 2.12 bits per heavy atom. The zero-order chi connectivity index (χ0) is 18.2. The molecule has 1 amide bonds. The highest BCUT2D eigenvalue weighted by Gasteiger charge is 2.12. The highest BCUT2D eigenvalue weighted by molar-refractivity contribution is 7.09. The Morgan fingerprint density at radius 3 is 2.80 bits per heavy atom. The van der Waals surface area contributed by atoms with Crippen LogP contribution >= 0.6 is 22.9 Å². The number of carbonyl (C=O) groups is 2. The molecular formula is C18H21ClN2O3S. The SMILES string of the molecule is Cc1ccc(NCCC(=O)OCC(=O)N(C)Cc2cccs2)cc1Cl. The van der Waals surface area contributed by atoms with E-state index in [1.807, 2.05) is 42.6 Å². The Bertz CT molecular complexity index is 719. The van der Waals surface area contributed by atoms with Crippen LogP contribution in [0.2, 0.25) is 5.02 Å². The summed E-state index contributed by atoms with van der Waals surface area (Å²) in [5.41, 5.74) is 1.84. The number of amides is 1. The molecule has 25 heavy (non-hydrogen) atoms. The molecule has 0 atom stereocenters. The van der Waals surface area contributed by atoms with Gasteiger partial charge < -0.3 is 15.0 Å². The molecule has 0 bridgehead atoms. The predicted molar refractivity (Wildman–Crippen MR) is 101 cm³/mol. The molecule has 0 saturated carbocycles. The fraction of sp³-hybridized carbons (Fsp3) is 0.333. The molecule has 1 heterocycles. The first kappa shape index (κ1) is 19.3. The number of anilines is 1. The number of nitrogens with zero attached hydrogens (tertiary/aromatic N) is 1. The van der Waals surface area contributed by atoms with E-state index in [0.29, 0.717) is 18.1 Å². The van der Waals surface area contributed by atoms with Crippen molar-refractivity contribution in [2.45, 2.75) is 19.9 Å². The van der Waals surface area contributed by atoms with Crippen LogP contribution in [0.4, 0.5) is 5.69 Å². The molecular weight excluding hydrogens is 360 g/mol. The molecule has 134 valence electrons. The maximum atomic E-state index is 12.0. The summed E-state index contributed by atoms with van der Waals surface area (Å²) in [6, 6.07) is 9.52. The topological polar surface area (TPSA) is 58.6 Å². The zero-order valence-corrected chi connectivity index (χ0v) is 15.8. The van der Waals surface area contributed by atoms with Crippen LogP contribution in [-0.2, 0) is 20.9 Å². The molecule has 0 unspecified atom stereocenters. The van der Waals surface area contributed by atoms with Crippen molar-refractivity contribution in [2.24, 2.45) is 0 Å². The molecule has 1 aromatic carbocycles. The van der Waals surface area contributed by atoms with Crippen LogP contribution in [0.5, 0.6) is 0 Å². The summed E-state index contributed by atoms with van der Waals surface area (Å²) < 4.78 is 5.03. The number of hydrogen-bond donors (Lipinski definition) is 1. The average Bonchev–Trinajstić information content (AvgIpc) is 3.08. The van der Waals surface area contributed by atoms with Crippen molar-refractivity contribution in [2.75, 3.05) is 25.5 Å². The quantitative estimate of drug-likeness (QED) is 0.709. The summed E-state index contributed by atoms with van der Waals surface area (Å²) in [6.45, 7) is 2.62. The summed E-state index contributed by atoms with van der Waals surface area (Å²) in [5, 5.41) is 5.74. The number of ether oxygens (including phenoxy) is 1. The molecule has 0 aliphatic carbocycles. The van der Waals surface area contributed by atoms with Gasteiger partial charge in [0.05, 0.1) is 13.0 Å². The molecule has 0 aliphatic heterocycles. The van der Waals surface area contributed by atoms with Crippen molar-refractivity contribution >= 4 is 40.5 Å². The van der Waals surface area contributed by atoms with Crippen LogP contribution in [0.1, 0.15) is 16.9 Å². The van der Waals surface area contributed by atoms with Gasteiger partial charge in [-0.3, -0.25) is 9.59 Å². The maximum absolute atomic E-state index is 12.0. The Hall–Kier alpha value is -2.05. The molecule has 0 aliphatic rings. The largest absolute Gasteiger partial charge is 0.456 e. The molecule has 0 radical (unpaired) electrons. The van der Waals surface area contributed by atoms with Crippen LogP contribution in [0.3, 0.4) is 0 Å². The van der Waals surface area contributed by atoms with Gasteiger partial charge in [-0.2, -0.15) is 0 Å². The van der Waals surface area contributed by atoms with Gasteiger partial charge in [0.1, 0.15) is 0 Å². The molecule has 0 saturated heterocycles. The average molecular weight is 381 g/mol. The number of aryl methyl sites for hydroxylation is 1. The molecule has 5 nitrogen and oxygen atoms in total. The first-order chi connectivity index (χ1) is 12.0. The second-order valence-corrected chi connectivity index (χ2v) is 7.07. The molecule has 0 fully saturated rings. The van der Waals surface area contributed by atoms with Gasteiger partial charge in [-0.25, -0.2) is 0 Å². The van der Waals surface area contributed by atoms with Gasteiger partial charge in [0.15, 0.2) is 6.61 Å². The van der Waals surface area contributed by atoms with Crippen LogP contribution in [-0.4, -0.2) is 37.0 Å². The number of halogens is 1. The Morgan fingerprint density at radius 1 is 1.32 bits per heavy atom. The summed E-state index contributed by atoms with van der Waals surface area (Å²) in [7, 11) is 1.69. The third-order valence-corrected chi connectivity index (χ3v) is 4.85. The number of thiophene rings is 1. The van der Waals surface area contributed by atoms with Crippen molar-refractivity contribution in [1.82, 2.24) is 4.90 Å². The van der Waals surface area contributed by atoms with Crippen molar-refractivity contribution in [3.63, 3.8) is 0 Å². The van der Waals surface area contributed by atoms with E-state index in [-0.39, 0.29) is 18.9 Å². The number of benzene rings is 1. The van der Waals surface area contributed by atoms with E-state index in [4.69, 9.17) is 16.3 Å². The fourth-order valence-electron chi connectivity index (χ4n) is 2.06. The minimum absolute atomic E-state index is 0.174. The second kappa shape index (κ2) is 9.44. The molecule has 2 rings (SSSR count).